The van der Waals surface area contributed by atoms with Crippen LogP contribution in [0.1, 0.15) is 71.2 Å². The Morgan fingerprint density at radius 1 is 1.16 bits per heavy atom. The maximum Gasteiger partial charge on any atom is 0.418 e. The molecule has 1 aromatic carbocycles. The quantitative estimate of drug-likeness (QED) is 0.529. The van der Waals surface area contributed by atoms with Crippen molar-refractivity contribution in [3.63, 3.8) is 0 Å². The lowest BCUT2D eigenvalue weighted by atomic mass is 10.0. The lowest BCUT2D eigenvalue weighted by Crippen LogP contribution is -2.29. The molecule has 1 N–H and O–H groups in total. The summed E-state index contributed by atoms with van der Waals surface area (Å²) in [7, 11) is 0. The Bertz CT molecular complexity index is 951. The van der Waals surface area contributed by atoms with Crippen molar-refractivity contribution in [2.45, 2.75) is 71.8 Å². The third kappa shape index (κ3) is 5.76. The van der Waals surface area contributed by atoms with Gasteiger partial charge in [0, 0.05) is 42.2 Å². The van der Waals surface area contributed by atoms with Crippen LogP contribution in [-0.2, 0) is 11.2 Å². The van der Waals surface area contributed by atoms with Crippen LogP contribution in [0.25, 0.3) is 11.1 Å². The summed E-state index contributed by atoms with van der Waals surface area (Å²) >= 11 is 0. The van der Waals surface area contributed by atoms with E-state index in [4.69, 9.17) is 4.74 Å². The molecule has 7 heteroatoms. The molecule has 2 aromatic rings. The molecule has 0 saturated carbocycles. The van der Waals surface area contributed by atoms with Crippen LogP contribution in [0, 0.1) is 0 Å². The highest BCUT2D eigenvalue weighted by atomic mass is 16.6. The summed E-state index contributed by atoms with van der Waals surface area (Å²) in [5, 5.41) is 20.5. The number of benzene rings is 1. The van der Waals surface area contributed by atoms with Crippen molar-refractivity contribution in [2.75, 3.05) is 19.7 Å². The molecule has 1 aliphatic rings. The van der Waals surface area contributed by atoms with Crippen LogP contribution in [0.3, 0.4) is 0 Å². The molecule has 2 heterocycles. The molecule has 0 atom stereocenters. The number of carbonyl (C=O) groups excluding carboxylic acids is 1. The molecule has 0 bridgehead atoms. The fraction of sp³-hybridized carbons (Fsp3) is 0.560. The Hall–Kier alpha value is -2.67. The summed E-state index contributed by atoms with van der Waals surface area (Å²) in [6, 6.07) is 9.94. The van der Waals surface area contributed by atoms with E-state index in [1.807, 2.05) is 50.0 Å². The number of ether oxygens (including phenoxy) is 1. The summed E-state index contributed by atoms with van der Waals surface area (Å²) in [6.45, 7) is 11.6. The molecule has 0 unspecified atom stereocenters. The second-order valence-electron chi connectivity index (χ2n) is 9.59. The number of hydrogen-bond acceptors (Lipinski definition) is 5. The number of aromatic nitrogens is 1. The van der Waals surface area contributed by atoms with Crippen molar-refractivity contribution in [3.05, 3.63) is 41.7 Å². The monoisotopic (exact) mass is 440 g/mol. The number of nitrogens with zero attached hydrogens (tertiary/aromatic N) is 4. The van der Waals surface area contributed by atoms with Crippen molar-refractivity contribution < 1.29 is 14.6 Å². The van der Waals surface area contributed by atoms with E-state index in [-0.39, 0.29) is 12.5 Å². The predicted octanol–water partition coefficient (Wildman–Crippen LogP) is 6.08. The molecule has 0 amide bonds. The predicted molar refractivity (Wildman–Crippen MR) is 126 cm³/mol. The molecule has 0 radical (unpaired) electrons. The van der Waals surface area contributed by atoms with Gasteiger partial charge in [0.1, 0.15) is 5.60 Å². The third-order valence-corrected chi connectivity index (χ3v) is 5.43. The highest BCUT2D eigenvalue weighted by Crippen LogP contribution is 2.38. The van der Waals surface area contributed by atoms with Crippen molar-refractivity contribution in [1.82, 2.24) is 9.58 Å². The molecule has 174 valence electrons. The first-order valence-electron chi connectivity index (χ1n) is 11.6. The maximum absolute atomic E-state index is 13.2. The smallest absolute Gasteiger partial charge is 0.418 e. The zero-order valence-corrected chi connectivity index (χ0v) is 20.0. The Balaban J connectivity index is 2.12. The van der Waals surface area contributed by atoms with E-state index in [2.05, 4.69) is 30.3 Å². The number of aliphatic hydroxyl groups excluding tert-OH is 1. The zero-order valence-electron chi connectivity index (χ0n) is 20.0. The minimum atomic E-state index is -0.605. The van der Waals surface area contributed by atoms with E-state index in [1.165, 1.54) is 0 Å². The lowest BCUT2D eigenvalue weighted by molar-refractivity contribution is 0.0526. The molecule has 32 heavy (non-hydrogen) atoms. The van der Waals surface area contributed by atoms with Gasteiger partial charge in [-0.05, 0) is 64.5 Å². The van der Waals surface area contributed by atoms with Gasteiger partial charge in [-0.3, -0.25) is 9.58 Å². The fourth-order valence-corrected chi connectivity index (χ4v) is 3.94. The maximum atomic E-state index is 13.2. The first-order valence-corrected chi connectivity index (χ1v) is 11.6. The van der Waals surface area contributed by atoms with Gasteiger partial charge in [-0.1, -0.05) is 37.3 Å². The van der Waals surface area contributed by atoms with Crippen molar-refractivity contribution in [2.24, 2.45) is 10.3 Å². The van der Waals surface area contributed by atoms with Gasteiger partial charge < -0.3 is 9.84 Å². The zero-order chi connectivity index (χ0) is 23.3. The van der Waals surface area contributed by atoms with Gasteiger partial charge in [-0.15, -0.1) is 5.11 Å². The van der Waals surface area contributed by atoms with E-state index in [1.54, 1.807) is 4.57 Å². The fourth-order valence-electron chi connectivity index (χ4n) is 3.94. The van der Waals surface area contributed by atoms with Gasteiger partial charge in [0.05, 0.1) is 5.69 Å². The Kier molecular flexibility index (Phi) is 7.72. The van der Waals surface area contributed by atoms with Crippen LogP contribution in [-0.4, -0.2) is 46.1 Å². The first-order chi connectivity index (χ1) is 15.2. The van der Waals surface area contributed by atoms with Crippen LogP contribution in [0.5, 0.6) is 0 Å². The van der Waals surface area contributed by atoms with E-state index in [0.717, 1.165) is 54.1 Å². The average Bonchev–Trinajstić information content (AvgIpc) is 3.37. The standard InChI is InChI=1S/C25H36N4O3/c1-18(2)23-17-20(22(13-10-16-30)29(23)24(31)32-25(3,4)5)19-11-6-7-12-21(19)26-27-28-14-8-9-15-28/h6-7,11-12,17-18,30H,8-10,13-16H2,1-5H3/b27-26+. The molecule has 1 aromatic heterocycles. The van der Waals surface area contributed by atoms with E-state index < -0.39 is 11.7 Å². The van der Waals surface area contributed by atoms with Crippen LogP contribution in [0.2, 0.25) is 0 Å². The summed E-state index contributed by atoms with van der Waals surface area (Å²) in [6.07, 6.45) is 2.99. The second-order valence-corrected chi connectivity index (χ2v) is 9.59. The van der Waals surface area contributed by atoms with E-state index in [9.17, 15) is 9.90 Å². The van der Waals surface area contributed by atoms with Crippen LogP contribution >= 0.6 is 0 Å². The highest BCUT2D eigenvalue weighted by molar-refractivity contribution is 5.83. The van der Waals surface area contributed by atoms with Gasteiger partial charge in [-0.2, -0.15) is 0 Å². The topological polar surface area (TPSA) is 79.4 Å². The Labute approximate surface area is 191 Å². The molecule has 1 fully saturated rings. The number of carbonyl (C=O) groups is 1. The second kappa shape index (κ2) is 10.3. The SMILES string of the molecule is CC(C)c1cc(-c2ccccc2/N=N/N2CCCC2)c(CCCO)n1C(=O)OC(C)(C)C. The average molecular weight is 441 g/mol. The molecule has 7 nitrogen and oxygen atoms in total. The van der Waals surface area contributed by atoms with E-state index in [0.29, 0.717) is 12.8 Å². The van der Waals surface area contributed by atoms with Crippen molar-refractivity contribution in [3.8, 4) is 11.1 Å². The Morgan fingerprint density at radius 2 is 1.84 bits per heavy atom. The molecule has 0 aliphatic carbocycles. The molecule has 1 saturated heterocycles. The molecule has 0 spiro atoms. The van der Waals surface area contributed by atoms with Crippen LogP contribution < -0.4 is 0 Å². The Morgan fingerprint density at radius 3 is 2.47 bits per heavy atom. The summed E-state index contributed by atoms with van der Waals surface area (Å²) in [5.41, 5.74) is 3.73. The highest BCUT2D eigenvalue weighted by Gasteiger charge is 2.27. The van der Waals surface area contributed by atoms with Crippen LogP contribution in [0.4, 0.5) is 10.5 Å². The van der Waals surface area contributed by atoms with Crippen molar-refractivity contribution in [1.29, 1.82) is 0 Å². The molecular weight excluding hydrogens is 404 g/mol. The molecular formula is C25H36N4O3. The molecule has 3 rings (SSSR count). The largest absolute Gasteiger partial charge is 0.443 e. The third-order valence-electron chi connectivity index (χ3n) is 5.43. The van der Waals surface area contributed by atoms with Gasteiger partial charge in [0.15, 0.2) is 0 Å². The minimum absolute atomic E-state index is 0.0479. The van der Waals surface area contributed by atoms with Crippen LogP contribution in [0.15, 0.2) is 40.7 Å². The van der Waals surface area contributed by atoms with Gasteiger partial charge >= 0.3 is 6.09 Å². The normalized spacial score (nSPS) is 14.7. The van der Waals surface area contributed by atoms with Crippen molar-refractivity contribution >= 4 is 11.8 Å². The van der Waals surface area contributed by atoms with Gasteiger partial charge in [0.2, 0.25) is 0 Å². The van der Waals surface area contributed by atoms with Gasteiger partial charge in [0.25, 0.3) is 0 Å². The minimum Gasteiger partial charge on any atom is -0.443 e. The summed E-state index contributed by atoms with van der Waals surface area (Å²) in [5.74, 6) is 0.113. The number of hydrogen-bond donors (Lipinski definition) is 1. The number of rotatable bonds is 7. The molecule has 1 aliphatic heterocycles. The number of aliphatic hydroxyl groups is 1. The summed E-state index contributed by atoms with van der Waals surface area (Å²) < 4.78 is 7.43. The van der Waals surface area contributed by atoms with Gasteiger partial charge in [-0.25, -0.2) is 4.79 Å². The van der Waals surface area contributed by atoms with E-state index >= 15 is 0 Å². The first kappa shape index (κ1) is 24.0. The lowest BCUT2D eigenvalue weighted by Gasteiger charge is -2.22. The summed E-state index contributed by atoms with van der Waals surface area (Å²) in [4.78, 5) is 13.2.